The van der Waals surface area contributed by atoms with Crippen LogP contribution in [0.4, 0.5) is 0 Å². The smallest absolute Gasteiger partial charge is 0.154 e. The molecule has 8 fully saturated rings. The van der Waals surface area contributed by atoms with Gasteiger partial charge in [-0.15, -0.1) is 0 Å². The van der Waals surface area contributed by atoms with Gasteiger partial charge in [0.05, 0.1) is 22.3 Å². The van der Waals surface area contributed by atoms with E-state index in [0.717, 1.165) is 116 Å². The molecule has 12 rings (SSSR count). The van der Waals surface area contributed by atoms with Crippen molar-refractivity contribution in [2.45, 2.75) is 166 Å². The van der Waals surface area contributed by atoms with Crippen molar-refractivity contribution < 1.29 is 39.6 Å². The number of phenols is 4. The van der Waals surface area contributed by atoms with Crippen LogP contribution in [-0.4, -0.2) is 45.6 Å². The third-order valence-electron chi connectivity index (χ3n) is 18.9. The quantitative estimate of drug-likeness (QED) is 0.115. The van der Waals surface area contributed by atoms with Gasteiger partial charge in [0.1, 0.15) is 23.0 Å². The number of phenolic OH excluding ortho intramolecular Hbond substituents is 4. The Hall–Kier alpha value is -5.24. The highest BCUT2D eigenvalue weighted by Gasteiger charge is 2.63. The molecule has 67 heavy (non-hydrogen) atoms. The van der Waals surface area contributed by atoms with Crippen LogP contribution in [0.5, 0.6) is 23.0 Å². The summed E-state index contributed by atoms with van der Waals surface area (Å²) in [5.74, 6) is 3.53. The van der Waals surface area contributed by atoms with E-state index in [0.29, 0.717) is 51.8 Å². The SMILES string of the molecule is Cc1c(C23CC4CC(C2)CC(c2cc(C(C)C)c(O)c(C=O)c2C)(C4)C3)cc(C(C)C)c(O)c1C=O.Cc1cc(C23CC4CC(C2)C(C)C(c2cc(C)c(O)c(C=O)c2)(C4)C3)cc(C=O)c1O. The Bertz CT molecular complexity index is 2620. The van der Waals surface area contributed by atoms with Gasteiger partial charge in [-0.05, 0) is 229 Å². The summed E-state index contributed by atoms with van der Waals surface area (Å²) in [5.41, 5.74) is 11.3. The van der Waals surface area contributed by atoms with Crippen LogP contribution in [0.3, 0.4) is 0 Å². The molecule has 0 heterocycles. The Morgan fingerprint density at radius 3 is 1.39 bits per heavy atom. The van der Waals surface area contributed by atoms with Gasteiger partial charge in [-0.2, -0.15) is 0 Å². The van der Waals surface area contributed by atoms with Gasteiger partial charge >= 0.3 is 0 Å². The first-order valence-corrected chi connectivity index (χ1v) is 24.9. The Morgan fingerprint density at radius 1 is 0.507 bits per heavy atom. The van der Waals surface area contributed by atoms with Crippen LogP contribution in [0.2, 0.25) is 0 Å². The third kappa shape index (κ3) is 7.11. The van der Waals surface area contributed by atoms with Gasteiger partial charge in [-0.1, -0.05) is 58.9 Å². The van der Waals surface area contributed by atoms with Crippen molar-refractivity contribution >= 4 is 25.1 Å². The maximum absolute atomic E-state index is 12.1. The average Bonchev–Trinajstić information content (AvgIpc) is 3.26. The normalized spacial score (nSPS) is 30.9. The van der Waals surface area contributed by atoms with Gasteiger partial charge in [0.15, 0.2) is 25.1 Å². The molecule has 5 atom stereocenters. The van der Waals surface area contributed by atoms with E-state index in [9.17, 15) is 39.6 Å². The Balaban J connectivity index is 0.000000170. The zero-order valence-electron chi connectivity index (χ0n) is 41.0. The number of aldehydes is 4. The lowest BCUT2D eigenvalue weighted by atomic mass is 9.38. The molecule has 8 aliphatic carbocycles. The summed E-state index contributed by atoms with van der Waals surface area (Å²) in [6.07, 6.45) is 15.4. The lowest BCUT2D eigenvalue weighted by Gasteiger charge is -2.66. The van der Waals surface area contributed by atoms with Crippen molar-refractivity contribution in [1.29, 1.82) is 0 Å². The molecule has 4 aromatic rings. The topological polar surface area (TPSA) is 149 Å². The minimum atomic E-state index is -0.0487. The zero-order valence-corrected chi connectivity index (χ0v) is 41.0. The lowest BCUT2D eigenvalue weighted by molar-refractivity contribution is -0.0727. The first-order valence-electron chi connectivity index (χ1n) is 24.9. The first-order chi connectivity index (χ1) is 31.7. The molecule has 0 saturated heterocycles. The highest BCUT2D eigenvalue weighted by molar-refractivity contribution is 5.85. The molecule has 4 aromatic carbocycles. The van der Waals surface area contributed by atoms with Gasteiger partial charge < -0.3 is 20.4 Å². The standard InChI is InChI=1S/C32H40O4.C27H30O4/c1-17(2)23-8-27(19(5)25(14-33)29(23)35)31-10-21-7-22(11-31)13-32(12-21,16-31)28-9-24(18(3)4)30(36)26(15-34)20(28)6;1-15-4-22(7-20(12-28)24(15)30)26-9-18-6-19(11-26)17(3)27(10-18,14-26)23-5-16(2)25(31)21(8-23)13-29/h8-9,14-15,17-18,21-22,35-36H,7,10-13,16H2,1-6H3;4-5,7-8,12-13,17-19,30-31H,6,9-11,14H2,1-3H3. The number of hydrogen-bond donors (Lipinski definition) is 4. The van der Waals surface area contributed by atoms with Crippen molar-refractivity contribution in [2.24, 2.45) is 29.6 Å². The Kier molecular flexibility index (Phi) is 11.5. The minimum Gasteiger partial charge on any atom is -0.507 e. The highest BCUT2D eigenvalue weighted by atomic mass is 16.3. The van der Waals surface area contributed by atoms with Crippen LogP contribution < -0.4 is 0 Å². The molecule has 0 radical (unpaired) electrons. The number of carbonyl (C=O) groups excluding carboxylic acids is 4. The van der Waals surface area contributed by atoms with Gasteiger partial charge in [-0.3, -0.25) is 19.2 Å². The van der Waals surface area contributed by atoms with Gasteiger partial charge in [-0.25, -0.2) is 0 Å². The summed E-state index contributed by atoms with van der Waals surface area (Å²) >= 11 is 0. The van der Waals surface area contributed by atoms with Crippen molar-refractivity contribution in [1.82, 2.24) is 0 Å². The minimum absolute atomic E-state index is 0.0261. The molecule has 5 unspecified atom stereocenters. The summed E-state index contributed by atoms with van der Waals surface area (Å²) in [6, 6.07) is 12.4. The van der Waals surface area contributed by atoms with Gasteiger partial charge in [0, 0.05) is 0 Å². The summed E-state index contributed by atoms with van der Waals surface area (Å²) < 4.78 is 0. The summed E-state index contributed by atoms with van der Waals surface area (Å²) in [7, 11) is 0. The van der Waals surface area contributed by atoms with Crippen molar-refractivity contribution in [3.8, 4) is 23.0 Å². The Labute approximate surface area is 396 Å². The number of aryl methyl sites for hydroxylation is 2. The zero-order chi connectivity index (χ0) is 48.3. The Morgan fingerprint density at radius 2 is 0.940 bits per heavy atom. The lowest BCUT2D eigenvalue weighted by Crippen LogP contribution is -2.60. The summed E-state index contributed by atoms with van der Waals surface area (Å²) in [4.78, 5) is 47.5. The summed E-state index contributed by atoms with van der Waals surface area (Å²) in [6.45, 7) is 18.4. The van der Waals surface area contributed by atoms with Crippen molar-refractivity contribution in [3.63, 3.8) is 0 Å². The van der Waals surface area contributed by atoms with E-state index >= 15 is 0 Å². The molecular weight excluding hydrogens is 837 g/mol. The molecule has 8 nitrogen and oxygen atoms in total. The van der Waals surface area contributed by atoms with Crippen molar-refractivity contribution in [2.75, 3.05) is 0 Å². The van der Waals surface area contributed by atoms with Crippen LogP contribution in [-0.2, 0) is 21.7 Å². The third-order valence-corrected chi connectivity index (χ3v) is 18.9. The van der Waals surface area contributed by atoms with E-state index in [-0.39, 0.29) is 56.5 Å². The number of carbonyl (C=O) groups is 4. The molecule has 8 heteroatoms. The van der Waals surface area contributed by atoms with Gasteiger partial charge in [0.25, 0.3) is 0 Å². The second kappa shape index (κ2) is 16.5. The van der Waals surface area contributed by atoms with Gasteiger partial charge in [0.2, 0.25) is 0 Å². The molecule has 354 valence electrons. The predicted molar refractivity (Wildman–Crippen MR) is 262 cm³/mol. The molecule has 0 amide bonds. The fourth-order valence-electron chi connectivity index (χ4n) is 16.4. The predicted octanol–water partition coefficient (Wildman–Crippen LogP) is 12.8. The van der Waals surface area contributed by atoms with E-state index in [2.05, 4.69) is 58.9 Å². The molecule has 4 N–H and O–H groups in total. The van der Waals surface area contributed by atoms with E-state index in [4.69, 9.17) is 0 Å². The fourth-order valence-corrected chi connectivity index (χ4v) is 16.4. The maximum Gasteiger partial charge on any atom is 0.154 e. The van der Waals surface area contributed by atoms with Crippen LogP contribution in [0.1, 0.15) is 214 Å². The highest BCUT2D eigenvalue weighted by Crippen LogP contribution is 2.70. The monoisotopic (exact) mass is 907 g/mol. The number of hydrogen-bond acceptors (Lipinski definition) is 8. The average molecular weight is 907 g/mol. The number of benzene rings is 4. The van der Waals surface area contributed by atoms with Crippen LogP contribution in [0.25, 0.3) is 0 Å². The largest absolute Gasteiger partial charge is 0.507 e. The van der Waals surface area contributed by atoms with E-state index in [1.807, 2.05) is 39.8 Å². The van der Waals surface area contributed by atoms with E-state index in [1.165, 1.54) is 35.1 Å². The second-order valence-electron chi connectivity index (χ2n) is 23.4. The molecule has 8 bridgehead atoms. The van der Waals surface area contributed by atoms with E-state index < -0.39 is 0 Å². The molecule has 8 saturated carbocycles. The molecular formula is C59H70O8. The first kappa shape index (κ1) is 46.9. The summed E-state index contributed by atoms with van der Waals surface area (Å²) in [5, 5.41) is 42.4. The van der Waals surface area contributed by atoms with Crippen molar-refractivity contribution in [3.05, 3.63) is 114 Å². The molecule has 0 aromatic heterocycles. The van der Waals surface area contributed by atoms with Crippen LogP contribution in [0, 0.1) is 57.3 Å². The maximum atomic E-state index is 12.1. The number of rotatable bonds is 10. The van der Waals surface area contributed by atoms with E-state index in [1.54, 1.807) is 0 Å². The second-order valence-corrected chi connectivity index (χ2v) is 23.4. The number of aromatic hydroxyl groups is 4. The van der Waals surface area contributed by atoms with Crippen LogP contribution >= 0.6 is 0 Å². The fraction of sp³-hybridized carbons (Fsp3) is 0.525. The molecule has 8 aliphatic rings. The van der Waals surface area contributed by atoms with Crippen LogP contribution in [0.15, 0.2) is 36.4 Å². The molecule has 0 spiro atoms. The molecule has 0 aliphatic heterocycles.